The van der Waals surface area contributed by atoms with Crippen LogP contribution in [0.25, 0.3) is 0 Å². The van der Waals surface area contributed by atoms with E-state index in [-0.39, 0.29) is 36.8 Å². The minimum Gasteiger partial charge on any atom is -0.373 e. The summed E-state index contributed by atoms with van der Waals surface area (Å²) in [6, 6.07) is 2.08. The van der Waals surface area contributed by atoms with Gasteiger partial charge in [-0.05, 0) is 26.3 Å². The molecule has 1 aliphatic heterocycles. The van der Waals surface area contributed by atoms with Gasteiger partial charge in [0.25, 0.3) is 0 Å². The molecule has 1 saturated heterocycles. The Hall–Kier alpha value is -1.31. The lowest BCUT2D eigenvalue weighted by Gasteiger charge is -2.19. The SMILES string of the molecule is CCC[C@H]1CN(c2nc(C)cc(NC)n2)C[C@@H]1NC(=O)CNC.Cl.Cl. The van der Waals surface area contributed by atoms with Gasteiger partial charge in [-0.25, -0.2) is 4.98 Å². The third-order valence-electron chi connectivity index (χ3n) is 4.17. The first-order valence-electron chi connectivity index (χ1n) is 8.29. The van der Waals surface area contributed by atoms with Gasteiger partial charge in [0.2, 0.25) is 11.9 Å². The van der Waals surface area contributed by atoms with Crippen LogP contribution in [0.15, 0.2) is 6.07 Å². The average Bonchev–Trinajstić information content (AvgIpc) is 2.90. The van der Waals surface area contributed by atoms with Crippen LogP contribution in [-0.4, -0.2) is 55.6 Å². The maximum atomic E-state index is 11.9. The summed E-state index contributed by atoms with van der Waals surface area (Å²) in [4.78, 5) is 23.2. The third kappa shape index (κ3) is 6.49. The summed E-state index contributed by atoms with van der Waals surface area (Å²) < 4.78 is 0. The summed E-state index contributed by atoms with van der Waals surface area (Å²) >= 11 is 0. The molecule has 0 unspecified atom stereocenters. The Labute approximate surface area is 162 Å². The van der Waals surface area contributed by atoms with Crippen molar-refractivity contribution in [2.45, 2.75) is 32.7 Å². The number of hydrogen-bond donors (Lipinski definition) is 3. The molecule has 2 atom stereocenters. The third-order valence-corrected chi connectivity index (χ3v) is 4.17. The molecular weight excluding hydrogens is 363 g/mol. The largest absolute Gasteiger partial charge is 0.373 e. The van der Waals surface area contributed by atoms with Crippen molar-refractivity contribution in [3.05, 3.63) is 11.8 Å². The summed E-state index contributed by atoms with van der Waals surface area (Å²) in [5, 5.41) is 9.11. The highest BCUT2D eigenvalue weighted by molar-refractivity contribution is 5.85. The number of aromatic nitrogens is 2. The van der Waals surface area contributed by atoms with Crippen molar-refractivity contribution >= 4 is 42.5 Å². The van der Waals surface area contributed by atoms with Gasteiger partial charge in [-0.1, -0.05) is 13.3 Å². The topological polar surface area (TPSA) is 82.2 Å². The molecule has 9 heteroatoms. The van der Waals surface area contributed by atoms with Gasteiger partial charge in [-0.15, -0.1) is 24.8 Å². The van der Waals surface area contributed by atoms with Crippen molar-refractivity contribution in [1.82, 2.24) is 20.6 Å². The summed E-state index contributed by atoms with van der Waals surface area (Å²) in [6.45, 7) is 6.13. The number of nitrogens with one attached hydrogen (secondary N) is 3. The monoisotopic (exact) mass is 392 g/mol. The van der Waals surface area contributed by atoms with Gasteiger partial charge in [0.05, 0.1) is 12.6 Å². The van der Waals surface area contributed by atoms with Crippen LogP contribution in [0.2, 0.25) is 0 Å². The van der Waals surface area contributed by atoms with E-state index in [9.17, 15) is 4.79 Å². The quantitative estimate of drug-likeness (QED) is 0.653. The molecule has 1 amide bonds. The molecule has 0 radical (unpaired) electrons. The lowest BCUT2D eigenvalue weighted by Crippen LogP contribution is -2.44. The van der Waals surface area contributed by atoms with Crippen LogP contribution in [0.4, 0.5) is 11.8 Å². The standard InChI is InChI=1S/C16H28N6O.2ClH/c1-5-6-12-9-22(10-13(12)20-15(23)8-17-3)16-19-11(2)7-14(18-4)21-16;;/h7,12-13,17H,5-6,8-10H2,1-4H3,(H,20,23)(H,18,19,21);2*1H/t12-,13-;;/m0../s1. The van der Waals surface area contributed by atoms with Crippen molar-refractivity contribution in [2.75, 3.05) is 43.9 Å². The molecule has 2 heterocycles. The number of rotatable bonds is 7. The lowest BCUT2D eigenvalue weighted by molar-refractivity contribution is -0.121. The van der Waals surface area contributed by atoms with Crippen LogP contribution < -0.4 is 20.9 Å². The van der Waals surface area contributed by atoms with Crippen LogP contribution in [0.5, 0.6) is 0 Å². The smallest absolute Gasteiger partial charge is 0.234 e. The highest BCUT2D eigenvalue weighted by Crippen LogP contribution is 2.26. The molecule has 0 aromatic carbocycles. The van der Waals surface area contributed by atoms with Crippen LogP contribution in [-0.2, 0) is 4.79 Å². The molecule has 7 nitrogen and oxygen atoms in total. The Balaban J connectivity index is 0.00000288. The Morgan fingerprint density at radius 3 is 2.60 bits per heavy atom. The summed E-state index contributed by atoms with van der Waals surface area (Å²) in [7, 11) is 3.64. The van der Waals surface area contributed by atoms with Crippen molar-refractivity contribution in [2.24, 2.45) is 5.92 Å². The van der Waals surface area contributed by atoms with Gasteiger partial charge in [-0.3, -0.25) is 4.79 Å². The zero-order valence-electron chi connectivity index (χ0n) is 15.3. The van der Waals surface area contributed by atoms with E-state index in [0.29, 0.717) is 12.5 Å². The minimum absolute atomic E-state index is 0. The average molecular weight is 393 g/mol. The molecule has 0 aliphatic carbocycles. The number of carbonyl (C=O) groups excluding carboxylic acids is 1. The first-order chi connectivity index (χ1) is 11.1. The Kier molecular flexibility index (Phi) is 10.7. The highest BCUT2D eigenvalue weighted by atomic mass is 35.5. The van der Waals surface area contributed by atoms with Crippen LogP contribution in [0.1, 0.15) is 25.5 Å². The van der Waals surface area contributed by atoms with Gasteiger partial charge >= 0.3 is 0 Å². The van der Waals surface area contributed by atoms with Crippen molar-refractivity contribution < 1.29 is 4.79 Å². The van der Waals surface area contributed by atoms with Crippen molar-refractivity contribution in [1.29, 1.82) is 0 Å². The van der Waals surface area contributed by atoms with E-state index < -0.39 is 0 Å². The van der Waals surface area contributed by atoms with Crippen LogP contribution in [0.3, 0.4) is 0 Å². The first kappa shape index (κ1) is 23.7. The predicted octanol–water partition coefficient (Wildman–Crippen LogP) is 1.61. The zero-order chi connectivity index (χ0) is 16.8. The van der Waals surface area contributed by atoms with E-state index in [2.05, 4.69) is 37.7 Å². The summed E-state index contributed by atoms with van der Waals surface area (Å²) in [5.74, 6) is 2.03. The number of carbonyl (C=O) groups is 1. The first-order valence-corrected chi connectivity index (χ1v) is 8.29. The molecule has 2 rings (SSSR count). The molecule has 1 aliphatic rings. The Bertz CT molecular complexity index is 545. The number of aryl methyl sites for hydroxylation is 1. The summed E-state index contributed by atoms with van der Waals surface area (Å²) in [6.07, 6.45) is 2.19. The second-order valence-corrected chi connectivity index (χ2v) is 6.10. The predicted molar refractivity (Wildman–Crippen MR) is 107 cm³/mol. The molecule has 0 spiro atoms. The molecule has 1 aromatic rings. The Morgan fingerprint density at radius 1 is 1.28 bits per heavy atom. The van der Waals surface area contributed by atoms with Crippen LogP contribution >= 0.6 is 24.8 Å². The molecule has 1 aromatic heterocycles. The number of amides is 1. The van der Waals surface area contributed by atoms with E-state index in [1.807, 2.05) is 20.0 Å². The number of likely N-dealkylation sites (N-methyl/N-ethyl adjacent to an activating group) is 1. The molecule has 144 valence electrons. The molecule has 0 saturated carbocycles. The summed E-state index contributed by atoms with van der Waals surface area (Å²) in [5.41, 5.74) is 0.939. The molecule has 1 fully saturated rings. The molecule has 0 bridgehead atoms. The van der Waals surface area contributed by atoms with E-state index in [1.165, 1.54) is 0 Å². The number of hydrogen-bond acceptors (Lipinski definition) is 6. The van der Waals surface area contributed by atoms with Gasteiger partial charge in [0.1, 0.15) is 5.82 Å². The van der Waals surface area contributed by atoms with E-state index in [0.717, 1.165) is 43.4 Å². The fraction of sp³-hybridized carbons (Fsp3) is 0.688. The second-order valence-electron chi connectivity index (χ2n) is 6.10. The van der Waals surface area contributed by atoms with E-state index >= 15 is 0 Å². The van der Waals surface area contributed by atoms with Gasteiger partial charge in [0.15, 0.2) is 0 Å². The fourth-order valence-corrected chi connectivity index (χ4v) is 3.10. The van der Waals surface area contributed by atoms with Crippen molar-refractivity contribution in [3.8, 4) is 0 Å². The van der Waals surface area contributed by atoms with E-state index in [4.69, 9.17) is 0 Å². The lowest BCUT2D eigenvalue weighted by atomic mass is 9.98. The minimum atomic E-state index is 0. The maximum absolute atomic E-state index is 11.9. The Morgan fingerprint density at radius 2 is 2.00 bits per heavy atom. The van der Waals surface area contributed by atoms with Crippen LogP contribution in [0, 0.1) is 12.8 Å². The molecular formula is C16H30Cl2N6O. The highest BCUT2D eigenvalue weighted by Gasteiger charge is 2.34. The van der Waals surface area contributed by atoms with Crippen molar-refractivity contribution in [3.63, 3.8) is 0 Å². The van der Waals surface area contributed by atoms with E-state index in [1.54, 1.807) is 7.05 Å². The molecule has 25 heavy (non-hydrogen) atoms. The maximum Gasteiger partial charge on any atom is 0.234 e. The zero-order valence-corrected chi connectivity index (χ0v) is 17.0. The number of anilines is 2. The normalized spacial score (nSPS) is 19.0. The van der Waals surface area contributed by atoms with Gasteiger partial charge < -0.3 is 20.9 Å². The number of nitrogens with zero attached hydrogens (tertiary/aromatic N) is 3. The van der Waals surface area contributed by atoms with Gasteiger partial charge in [0, 0.05) is 31.9 Å². The number of halogens is 2. The van der Waals surface area contributed by atoms with Gasteiger partial charge in [-0.2, -0.15) is 4.98 Å². The second kappa shape index (κ2) is 11.3. The fourth-order valence-electron chi connectivity index (χ4n) is 3.10. The molecule has 3 N–H and O–H groups in total.